The molecule has 0 saturated heterocycles. The Labute approximate surface area is 154 Å². The van der Waals surface area contributed by atoms with Gasteiger partial charge in [-0.05, 0) is 44.2 Å². The molecule has 0 N–H and O–H groups in total. The highest BCUT2D eigenvalue weighted by Gasteiger charge is 2.50. The van der Waals surface area contributed by atoms with Gasteiger partial charge in [0, 0.05) is 0 Å². The monoisotopic (exact) mass is 349 g/mol. The standard InChI is InChI=1S/C22H25N2O2/c1-16-11-13-17(14-12-16)15-23-20-10-6-5-9-19(20)21(25)24(22(23)26)18-7-3-2-4-8-18/h5-6,9-14,18-19H,2-4,7-8,15H2,1H3/q+1. The van der Waals surface area contributed by atoms with Crippen molar-refractivity contribution in [2.45, 2.75) is 51.6 Å². The molecule has 1 aromatic carbocycles. The normalized spacial score (nSPS) is 23.6. The number of hydrogen-bond donors (Lipinski definition) is 0. The van der Waals surface area contributed by atoms with E-state index in [1.807, 2.05) is 24.3 Å². The van der Waals surface area contributed by atoms with Crippen LogP contribution in [0.2, 0.25) is 0 Å². The molecule has 26 heavy (non-hydrogen) atoms. The van der Waals surface area contributed by atoms with E-state index >= 15 is 0 Å². The lowest BCUT2D eigenvalue weighted by atomic mass is 9.89. The molecule has 0 radical (unpaired) electrons. The van der Waals surface area contributed by atoms with Crippen molar-refractivity contribution in [2.75, 3.05) is 0 Å². The summed E-state index contributed by atoms with van der Waals surface area (Å²) in [6, 6.07) is 8.13. The van der Waals surface area contributed by atoms with Gasteiger partial charge in [-0.15, -0.1) is 0 Å². The number of aryl methyl sites for hydroxylation is 1. The molecule has 4 nitrogen and oxygen atoms in total. The van der Waals surface area contributed by atoms with Gasteiger partial charge >= 0.3 is 11.9 Å². The molecular formula is C22H25N2O2+. The number of urea groups is 1. The lowest BCUT2D eigenvalue weighted by Crippen LogP contribution is -2.57. The molecule has 3 aliphatic rings. The molecule has 1 aliphatic heterocycles. The molecule has 1 fully saturated rings. The Morgan fingerprint density at radius 2 is 1.77 bits per heavy atom. The minimum Gasteiger partial charge on any atom is -0.245 e. The van der Waals surface area contributed by atoms with Crippen LogP contribution in [0.4, 0.5) is 4.79 Å². The SMILES string of the molecule is Cc1ccc(C[N+]2=C3C=CC=CC3C(=O)N(C3CCCCC3)C2=O)cc1. The van der Waals surface area contributed by atoms with E-state index in [4.69, 9.17) is 0 Å². The summed E-state index contributed by atoms with van der Waals surface area (Å²) in [6.07, 6.45) is 12.9. The van der Waals surface area contributed by atoms with Crippen LogP contribution in [0, 0.1) is 12.8 Å². The van der Waals surface area contributed by atoms with Crippen molar-refractivity contribution in [3.8, 4) is 0 Å². The molecule has 2 aliphatic carbocycles. The van der Waals surface area contributed by atoms with Gasteiger partial charge in [0.2, 0.25) is 0 Å². The maximum atomic E-state index is 13.3. The number of benzene rings is 1. The summed E-state index contributed by atoms with van der Waals surface area (Å²) in [4.78, 5) is 28.0. The molecule has 1 heterocycles. The Hall–Kier alpha value is -2.49. The maximum Gasteiger partial charge on any atom is 0.501 e. The predicted octanol–water partition coefficient (Wildman–Crippen LogP) is 3.99. The highest BCUT2D eigenvalue weighted by Crippen LogP contribution is 2.29. The van der Waals surface area contributed by atoms with Crippen molar-refractivity contribution >= 4 is 17.6 Å². The number of rotatable bonds is 3. The van der Waals surface area contributed by atoms with E-state index in [1.165, 1.54) is 12.0 Å². The van der Waals surface area contributed by atoms with Crippen LogP contribution in [0.25, 0.3) is 0 Å². The van der Waals surface area contributed by atoms with Crippen LogP contribution in [0.3, 0.4) is 0 Å². The first kappa shape index (κ1) is 17.0. The molecular weight excluding hydrogens is 324 g/mol. The minimum atomic E-state index is -0.343. The zero-order valence-electron chi connectivity index (χ0n) is 15.2. The lowest BCUT2D eigenvalue weighted by Gasteiger charge is -2.33. The second-order valence-corrected chi connectivity index (χ2v) is 7.50. The van der Waals surface area contributed by atoms with Gasteiger partial charge in [0.25, 0.3) is 0 Å². The van der Waals surface area contributed by atoms with E-state index in [9.17, 15) is 9.59 Å². The zero-order chi connectivity index (χ0) is 18.1. The molecule has 4 rings (SSSR count). The van der Waals surface area contributed by atoms with Crippen LogP contribution in [-0.4, -0.2) is 33.2 Å². The molecule has 1 atom stereocenters. The number of hydrogen-bond acceptors (Lipinski definition) is 2. The van der Waals surface area contributed by atoms with Gasteiger partial charge in [0.05, 0.1) is 0 Å². The van der Waals surface area contributed by atoms with Crippen LogP contribution in [0.5, 0.6) is 0 Å². The second kappa shape index (κ2) is 7.02. The molecule has 0 bridgehead atoms. The first-order valence-corrected chi connectivity index (χ1v) is 9.57. The third-order valence-electron chi connectivity index (χ3n) is 5.65. The fourth-order valence-electron chi connectivity index (χ4n) is 4.19. The summed E-state index contributed by atoms with van der Waals surface area (Å²) in [5.74, 6) is -0.400. The van der Waals surface area contributed by atoms with Gasteiger partial charge in [-0.1, -0.05) is 54.5 Å². The quantitative estimate of drug-likeness (QED) is 0.774. The van der Waals surface area contributed by atoms with Gasteiger partial charge in [0.1, 0.15) is 24.2 Å². The third kappa shape index (κ3) is 3.05. The van der Waals surface area contributed by atoms with Crippen molar-refractivity contribution in [2.24, 2.45) is 5.92 Å². The zero-order valence-corrected chi connectivity index (χ0v) is 15.2. The highest BCUT2D eigenvalue weighted by molar-refractivity contribution is 6.16. The summed E-state index contributed by atoms with van der Waals surface area (Å²) in [6.45, 7) is 2.55. The van der Waals surface area contributed by atoms with Gasteiger partial charge in [0.15, 0.2) is 0 Å². The Balaban J connectivity index is 1.72. The fraction of sp³-hybridized carbons (Fsp3) is 0.409. The number of amides is 3. The highest BCUT2D eigenvalue weighted by atomic mass is 16.2. The average molecular weight is 349 g/mol. The predicted molar refractivity (Wildman–Crippen MR) is 101 cm³/mol. The summed E-state index contributed by atoms with van der Waals surface area (Å²) in [5.41, 5.74) is 3.08. The maximum absolute atomic E-state index is 13.3. The summed E-state index contributed by atoms with van der Waals surface area (Å²) in [5, 5.41) is 0. The average Bonchev–Trinajstić information content (AvgIpc) is 2.68. The van der Waals surface area contributed by atoms with E-state index in [1.54, 1.807) is 9.48 Å². The third-order valence-corrected chi connectivity index (χ3v) is 5.65. The Morgan fingerprint density at radius 3 is 2.50 bits per heavy atom. The van der Waals surface area contributed by atoms with E-state index in [0.29, 0.717) is 6.54 Å². The van der Waals surface area contributed by atoms with E-state index in [0.717, 1.165) is 37.0 Å². The lowest BCUT2D eigenvalue weighted by molar-refractivity contribution is -0.457. The number of carbonyl (C=O) groups is 2. The largest absolute Gasteiger partial charge is 0.501 e. The van der Waals surface area contributed by atoms with Gasteiger partial charge < -0.3 is 0 Å². The molecule has 0 aromatic heterocycles. The molecule has 3 amide bonds. The summed E-state index contributed by atoms with van der Waals surface area (Å²) in [7, 11) is 0. The van der Waals surface area contributed by atoms with Crippen molar-refractivity contribution in [1.82, 2.24) is 4.90 Å². The fourth-order valence-corrected chi connectivity index (χ4v) is 4.19. The Bertz CT molecular complexity index is 811. The van der Waals surface area contributed by atoms with Crippen LogP contribution in [0.15, 0.2) is 48.6 Å². The van der Waals surface area contributed by atoms with Gasteiger partial charge in [-0.3, -0.25) is 0 Å². The van der Waals surface area contributed by atoms with Crippen LogP contribution in [-0.2, 0) is 11.3 Å². The van der Waals surface area contributed by atoms with Crippen LogP contribution < -0.4 is 0 Å². The number of fused-ring (bicyclic) bond motifs is 1. The second-order valence-electron chi connectivity index (χ2n) is 7.50. The minimum absolute atomic E-state index is 0.0464. The number of imide groups is 1. The molecule has 1 aromatic rings. The van der Waals surface area contributed by atoms with Gasteiger partial charge in [-0.25, -0.2) is 4.79 Å². The summed E-state index contributed by atoms with van der Waals surface area (Å²) >= 11 is 0. The molecule has 1 unspecified atom stereocenters. The van der Waals surface area contributed by atoms with Crippen molar-refractivity contribution in [3.05, 3.63) is 59.7 Å². The van der Waals surface area contributed by atoms with Crippen LogP contribution >= 0.6 is 0 Å². The Kier molecular flexibility index (Phi) is 4.58. The summed E-state index contributed by atoms with van der Waals surface area (Å²) < 4.78 is 1.80. The first-order valence-electron chi connectivity index (χ1n) is 9.57. The van der Waals surface area contributed by atoms with Crippen molar-refractivity contribution in [3.63, 3.8) is 0 Å². The number of carbonyl (C=O) groups excluding carboxylic acids is 2. The van der Waals surface area contributed by atoms with Crippen molar-refractivity contribution in [1.29, 1.82) is 0 Å². The molecule has 1 saturated carbocycles. The molecule has 4 heteroatoms. The van der Waals surface area contributed by atoms with E-state index in [2.05, 4.69) is 31.2 Å². The Morgan fingerprint density at radius 1 is 1.04 bits per heavy atom. The topological polar surface area (TPSA) is 40.4 Å². The number of nitrogens with zero attached hydrogens (tertiary/aromatic N) is 2. The van der Waals surface area contributed by atoms with Gasteiger partial charge in [-0.2, -0.15) is 14.3 Å². The van der Waals surface area contributed by atoms with E-state index in [-0.39, 0.29) is 23.9 Å². The number of allylic oxidation sites excluding steroid dienone is 3. The smallest absolute Gasteiger partial charge is 0.245 e. The van der Waals surface area contributed by atoms with Crippen LogP contribution in [0.1, 0.15) is 43.2 Å². The van der Waals surface area contributed by atoms with Crippen molar-refractivity contribution < 1.29 is 14.2 Å². The molecule has 0 spiro atoms. The first-order chi connectivity index (χ1) is 12.6. The van der Waals surface area contributed by atoms with E-state index < -0.39 is 0 Å². The molecule has 134 valence electrons.